The van der Waals surface area contributed by atoms with Gasteiger partial charge in [-0.1, -0.05) is 43.6 Å². The molecule has 0 radical (unpaired) electrons. The van der Waals surface area contributed by atoms with Gasteiger partial charge in [0.1, 0.15) is 16.2 Å². The van der Waals surface area contributed by atoms with Gasteiger partial charge >= 0.3 is 0 Å². The molecule has 1 aromatic carbocycles. The molecule has 0 fully saturated rings. The van der Waals surface area contributed by atoms with Crippen molar-refractivity contribution in [2.75, 3.05) is 11.9 Å². The molecule has 0 N–H and O–H groups in total. The van der Waals surface area contributed by atoms with Crippen molar-refractivity contribution in [3.05, 3.63) is 51.3 Å². The van der Waals surface area contributed by atoms with E-state index in [2.05, 4.69) is 44.6 Å². The highest BCUT2D eigenvalue weighted by Crippen LogP contribution is 2.23. The topological polar surface area (TPSA) is 29.0 Å². The van der Waals surface area contributed by atoms with Gasteiger partial charge in [-0.3, -0.25) is 0 Å². The monoisotopic (exact) mass is 353 g/mol. The number of halogens is 2. The van der Waals surface area contributed by atoms with E-state index in [4.69, 9.17) is 11.6 Å². The molecule has 0 saturated heterocycles. The molecule has 3 nitrogen and oxygen atoms in total. The van der Waals surface area contributed by atoms with Crippen LogP contribution in [0.5, 0.6) is 0 Å². The Balaban J connectivity index is 2.25. The SMILES string of the molecule is CC(C)c1nc(Br)cc(N(C)Cc2ccccc2Cl)n1. The molecule has 0 saturated carbocycles. The van der Waals surface area contributed by atoms with Gasteiger partial charge in [0, 0.05) is 30.6 Å². The highest BCUT2D eigenvalue weighted by molar-refractivity contribution is 9.10. The average molecular weight is 355 g/mol. The third-order valence-electron chi connectivity index (χ3n) is 2.97. The maximum absolute atomic E-state index is 6.20. The maximum Gasteiger partial charge on any atom is 0.134 e. The zero-order chi connectivity index (χ0) is 14.7. The highest BCUT2D eigenvalue weighted by atomic mass is 79.9. The summed E-state index contributed by atoms with van der Waals surface area (Å²) in [5.41, 5.74) is 1.08. The summed E-state index contributed by atoms with van der Waals surface area (Å²) in [5.74, 6) is 2.01. The second-order valence-electron chi connectivity index (χ2n) is 5.01. The fourth-order valence-corrected chi connectivity index (χ4v) is 2.42. The number of nitrogens with zero attached hydrogens (tertiary/aromatic N) is 3. The Morgan fingerprint density at radius 3 is 2.60 bits per heavy atom. The molecule has 106 valence electrons. The summed E-state index contributed by atoms with van der Waals surface area (Å²) in [6, 6.07) is 9.77. The van der Waals surface area contributed by atoms with E-state index in [1.165, 1.54) is 0 Å². The second kappa shape index (κ2) is 6.55. The van der Waals surface area contributed by atoms with Crippen LogP contribution in [0.4, 0.5) is 5.82 Å². The lowest BCUT2D eigenvalue weighted by Crippen LogP contribution is -2.19. The van der Waals surface area contributed by atoms with Crippen molar-refractivity contribution in [2.24, 2.45) is 0 Å². The van der Waals surface area contributed by atoms with E-state index < -0.39 is 0 Å². The quantitative estimate of drug-likeness (QED) is 0.748. The number of aromatic nitrogens is 2. The zero-order valence-electron chi connectivity index (χ0n) is 11.8. The van der Waals surface area contributed by atoms with Crippen molar-refractivity contribution in [2.45, 2.75) is 26.3 Å². The fraction of sp³-hybridized carbons (Fsp3) is 0.333. The molecule has 1 aromatic heterocycles. The van der Waals surface area contributed by atoms with Crippen LogP contribution in [0.25, 0.3) is 0 Å². The number of anilines is 1. The van der Waals surface area contributed by atoms with Crippen LogP contribution in [0, 0.1) is 0 Å². The minimum atomic E-state index is 0.292. The lowest BCUT2D eigenvalue weighted by molar-refractivity contribution is 0.757. The molecule has 0 aliphatic heterocycles. The lowest BCUT2D eigenvalue weighted by Gasteiger charge is -2.20. The van der Waals surface area contributed by atoms with Gasteiger partial charge in [0.25, 0.3) is 0 Å². The molecule has 2 aromatic rings. The van der Waals surface area contributed by atoms with Gasteiger partial charge in [-0.25, -0.2) is 9.97 Å². The van der Waals surface area contributed by atoms with Crippen molar-refractivity contribution >= 4 is 33.3 Å². The molecule has 5 heteroatoms. The van der Waals surface area contributed by atoms with Crippen molar-refractivity contribution in [3.8, 4) is 0 Å². The molecule has 0 unspecified atom stereocenters. The Bertz CT molecular complexity index is 601. The highest BCUT2D eigenvalue weighted by Gasteiger charge is 2.11. The Morgan fingerprint density at radius 1 is 1.25 bits per heavy atom. The van der Waals surface area contributed by atoms with Crippen LogP contribution in [-0.4, -0.2) is 17.0 Å². The van der Waals surface area contributed by atoms with E-state index in [0.717, 1.165) is 26.8 Å². The van der Waals surface area contributed by atoms with Gasteiger partial charge in [0.05, 0.1) is 0 Å². The molecule has 0 aliphatic carbocycles. The van der Waals surface area contributed by atoms with Gasteiger partial charge in [0.2, 0.25) is 0 Å². The Labute approximate surface area is 133 Å². The lowest BCUT2D eigenvalue weighted by atomic mass is 10.2. The minimum absolute atomic E-state index is 0.292. The first kappa shape index (κ1) is 15.3. The summed E-state index contributed by atoms with van der Waals surface area (Å²) in [6.07, 6.45) is 0. The molecule has 0 bridgehead atoms. The molecule has 0 spiro atoms. The standard InChI is InChI=1S/C15H17BrClN3/c1-10(2)15-18-13(16)8-14(19-15)20(3)9-11-6-4-5-7-12(11)17/h4-8,10H,9H2,1-3H3. The van der Waals surface area contributed by atoms with E-state index in [-0.39, 0.29) is 0 Å². The van der Waals surface area contributed by atoms with E-state index >= 15 is 0 Å². The second-order valence-corrected chi connectivity index (χ2v) is 6.23. The number of hydrogen-bond donors (Lipinski definition) is 0. The Hall–Kier alpha value is -1.13. The molecule has 2 rings (SSSR count). The summed E-state index contributed by atoms with van der Waals surface area (Å²) >= 11 is 9.65. The summed E-state index contributed by atoms with van der Waals surface area (Å²) in [4.78, 5) is 11.1. The first-order chi connectivity index (χ1) is 9.47. The third kappa shape index (κ3) is 3.70. The first-order valence-corrected chi connectivity index (χ1v) is 7.63. The largest absolute Gasteiger partial charge is 0.355 e. The number of benzene rings is 1. The van der Waals surface area contributed by atoms with Crippen molar-refractivity contribution in [1.82, 2.24) is 9.97 Å². The van der Waals surface area contributed by atoms with Crippen molar-refractivity contribution in [3.63, 3.8) is 0 Å². The van der Waals surface area contributed by atoms with E-state index in [1.54, 1.807) is 0 Å². The molecule has 20 heavy (non-hydrogen) atoms. The maximum atomic E-state index is 6.20. The smallest absolute Gasteiger partial charge is 0.134 e. The normalized spacial score (nSPS) is 10.9. The number of rotatable bonds is 4. The van der Waals surface area contributed by atoms with Crippen molar-refractivity contribution in [1.29, 1.82) is 0 Å². The van der Waals surface area contributed by atoms with Gasteiger partial charge in [-0.05, 0) is 27.6 Å². The molecule has 0 aliphatic rings. The first-order valence-electron chi connectivity index (χ1n) is 6.46. The average Bonchev–Trinajstić information content (AvgIpc) is 2.40. The van der Waals surface area contributed by atoms with E-state index in [1.807, 2.05) is 37.4 Å². The minimum Gasteiger partial charge on any atom is -0.355 e. The van der Waals surface area contributed by atoms with Crippen LogP contribution in [-0.2, 0) is 6.54 Å². The van der Waals surface area contributed by atoms with Crippen LogP contribution in [0.15, 0.2) is 34.9 Å². The molecule has 0 atom stereocenters. The summed E-state index contributed by atoms with van der Waals surface area (Å²) in [6.45, 7) is 4.87. The van der Waals surface area contributed by atoms with Crippen LogP contribution in [0.2, 0.25) is 5.02 Å². The van der Waals surface area contributed by atoms with E-state index in [9.17, 15) is 0 Å². The predicted octanol–water partition coefficient (Wildman–Crippen LogP) is 4.65. The van der Waals surface area contributed by atoms with Crippen LogP contribution in [0.3, 0.4) is 0 Å². The van der Waals surface area contributed by atoms with Gasteiger partial charge in [-0.2, -0.15) is 0 Å². The van der Waals surface area contributed by atoms with Crippen LogP contribution >= 0.6 is 27.5 Å². The molecular weight excluding hydrogens is 338 g/mol. The Kier molecular flexibility index (Phi) is 5.00. The predicted molar refractivity (Wildman–Crippen MR) is 87.4 cm³/mol. The summed E-state index contributed by atoms with van der Waals surface area (Å²) in [7, 11) is 2.00. The van der Waals surface area contributed by atoms with Crippen molar-refractivity contribution < 1.29 is 0 Å². The van der Waals surface area contributed by atoms with Crippen LogP contribution in [0.1, 0.15) is 31.2 Å². The summed E-state index contributed by atoms with van der Waals surface area (Å²) in [5, 5.41) is 0.775. The van der Waals surface area contributed by atoms with Gasteiger partial charge in [0.15, 0.2) is 0 Å². The molecular formula is C15H17BrClN3. The third-order valence-corrected chi connectivity index (χ3v) is 3.75. The Morgan fingerprint density at radius 2 is 1.95 bits per heavy atom. The summed E-state index contributed by atoms with van der Waals surface area (Å²) < 4.78 is 0.803. The van der Waals surface area contributed by atoms with Gasteiger partial charge in [-0.15, -0.1) is 0 Å². The van der Waals surface area contributed by atoms with E-state index in [0.29, 0.717) is 12.5 Å². The molecule has 0 amide bonds. The zero-order valence-corrected chi connectivity index (χ0v) is 14.1. The molecule has 1 heterocycles. The van der Waals surface area contributed by atoms with Crippen LogP contribution < -0.4 is 4.90 Å². The number of hydrogen-bond acceptors (Lipinski definition) is 3. The fourth-order valence-electron chi connectivity index (χ4n) is 1.84. The van der Waals surface area contributed by atoms with Gasteiger partial charge < -0.3 is 4.90 Å².